The van der Waals surface area contributed by atoms with Crippen LogP contribution in [0.15, 0.2) is 30.3 Å². The molecule has 1 fully saturated rings. The normalized spacial score (nSPS) is 15.3. The molecule has 2 heterocycles. The quantitative estimate of drug-likeness (QED) is 0.835. The summed E-state index contributed by atoms with van der Waals surface area (Å²) >= 11 is 0. The molecular weight excluding hydrogens is 338 g/mol. The van der Waals surface area contributed by atoms with Gasteiger partial charge in [-0.05, 0) is 30.9 Å². The van der Waals surface area contributed by atoms with Crippen LogP contribution in [-0.2, 0) is 4.79 Å². The van der Waals surface area contributed by atoms with Gasteiger partial charge in [0.25, 0.3) is 0 Å². The molecule has 1 unspecified atom stereocenters. The lowest BCUT2D eigenvalue weighted by Crippen LogP contribution is -2.49. The van der Waals surface area contributed by atoms with Gasteiger partial charge in [-0.25, -0.2) is 0 Å². The van der Waals surface area contributed by atoms with Crippen molar-refractivity contribution < 1.29 is 4.79 Å². The second-order valence-electron chi connectivity index (χ2n) is 7.10. The number of nitriles is 1. The zero-order valence-corrected chi connectivity index (χ0v) is 16.1. The number of benzene rings is 1. The van der Waals surface area contributed by atoms with Gasteiger partial charge in [0.15, 0.2) is 5.82 Å². The van der Waals surface area contributed by atoms with Gasteiger partial charge >= 0.3 is 0 Å². The van der Waals surface area contributed by atoms with Crippen LogP contribution in [0.4, 0.5) is 5.82 Å². The van der Waals surface area contributed by atoms with E-state index in [1.807, 2.05) is 36.9 Å². The van der Waals surface area contributed by atoms with Crippen molar-refractivity contribution >= 4 is 11.7 Å². The van der Waals surface area contributed by atoms with Gasteiger partial charge in [-0.3, -0.25) is 4.79 Å². The number of anilines is 1. The SMILES string of the molecule is Cc1nnc(N2CCN(C(=O)CC(C)c3ccccc3)CC2)c(C#N)c1C. The molecule has 6 nitrogen and oxygen atoms in total. The molecule has 1 aliphatic heterocycles. The highest BCUT2D eigenvalue weighted by molar-refractivity contribution is 5.77. The summed E-state index contributed by atoms with van der Waals surface area (Å²) in [5.74, 6) is 1.01. The molecule has 1 amide bonds. The molecule has 0 spiro atoms. The molecule has 0 radical (unpaired) electrons. The van der Waals surface area contributed by atoms with Crippen molar-refractivity contribution in [3.8, 4) is 6.07 Å². The summed E-state index contributed by atoms with van der Waals surface area (Å²) in [6.45, 7) is 8.45. The Morgan fingerprint density at radius 1 is 1.15 bits per heavy atom. The minimum absolute atomic E-state index is 0.178. The van der Waals surface area contributed by atoms with Crippen molar-refractivity contribution in [3.63, 3.8) is 0 Å². The number of hydrogen-bond acceptors (Lipinski definition) is 5. The Morgan fingerprint density at radius 3 is 2.44 bits per heavy atom. The zero-order chi connectivity index (χ0) is 19.4. The second-order valence-corrected chi connectivity index (χ2v) is 7.10. The van der Waals surface area contributed by atoms with Crippen LogP contribution in [0.5, 0.6) is 0 Å². The van der Waals surface area contributed by atoms with E-state index in [9.17, 15) is 10.1 Å². The third-order valence-corrected chi connectivity index (χ3v) is 5.33. The molecule has 27 heavy (non-hydrogen) atoms. The first-order valence-electron chi connectivity index (χ1n) is 9.33. The summed E-state index contributed by atoms with van der Waals surface area (Å²) < 4.78 is 0. The lowest BCUT2D eigenvalue weighted by atomic mass is 9.97. The third kappa shape index (κ3) is 4.08. The average molecular weight is 363 g/mol. The molecule has 0 bridgehead atoms. The Bertz CT molecular complexity index is 851. The number of aryl methyl sites for hydroxylation is 1. The van der Waals surface area contributed by atoms with E-state index >= 15 is 0 Å². The van der Waals surface area contributed by atoms with E-state index in [0.29, 0.717) is 44.0 Å². The summed E-state index contributed by atoms with van der Waals surface area (Å²) in [5, 5.41) is 17.9. The Morgan fingerprint density at radius 2 is 1.81 bits per heavy atom. The zero-order valence-electron chi connectivity index (χ0n) is 16.1. The van der Waals surface area contributed by atoms with Crippen LogP contribution in [0, 0.1) is 25.2 Å². The first-order chi connectivity index (χ1) is 13.0. The average Bonchev–Trinajstić information content (AvgIpc) is 2.70. The molecule has 1 atom stereocenters. The lowest BCUT2D eigenvalue weighted by molar-refractivity contribution is -0.131. The van der Waals surface area contributed by atoms with E-state index in [1.54, 1.807) is 0 Å². The first-order valence-corrected chi connectivity index (χ1v) is 9.33. The van der Waals surface area contributed by atoms with Gasteiger partial charge < -0.3 is 9.80 Å². The molecule has 140 valence electrons. The van der Waals surface area contributed by atoms with Gasteiger partial charge in [-0.15, -0.1) is 5.10 Å². The van der Waals surface area contributed by atoms with Crippen LogP contribution in [0.1, 0.15) is 41.6 Å². The van der Waals surface area contributed by atoms with Crippen molar-refractivity contribution in [3.05, 3.63) is 52.7 Å². The van der Waals surface area contributed by atoms with Crippen molar-refractivity contribution in [1.29, 1.82) is 5.26 Å². The molecule has 0 saturated carbocycles. The molecular formula is C21H25N5O. The number of aromatic nitrogens is 2. The van der Waals surface area contributed by atoms with Crippen molar-refractivity contribution in [1.82, 2.24) is 15.1 Å². The number of amides is 1. The Kier molecular flexibility index (Phi) is 5.70. The van der Waals surface area contributed by atoms with E-state index in [-0.39, 0.29) is 11.8 Å². The van der Waals surface area contributed by atoms with Gasteiger partial charge in [-0.1, -0.05) is 37.3 Å². The van der Waals surface area contributed by atoms with Crippen LogP contribution < -0.4 is 4.90 Å². The fraction of sp³-hybridized carbons (Fsp3) is 0.429. The van der Waals surface area contributed by atoms with Gasteiger partial charge in [0.05, 0.1) is 5.69 Å². The molecule has 0 N–H and O–H groups in total. The summed E-state index contributed by atoms with van der Waals surface area (Å²) in [7, 11) is 0. The first kappa shape index (κ1) is 18.8. The predicted octanol–water partition coefficient (Wildman–Crippen LogP) is 2.81. The predicted molar refractivity (Wildman–Crippen MR) is 104 cm³/mol. The highest BCUT2D eigenvalue weighted by Gasteiger charge is 2.25. The molecule has 3 rings (SSSR count). The van der Waals surface area contributed by atoms with E-state index in [4.69, 9.17) is 0 Å². The van der Waals surface area contributed by atoms with E-state index in [0.717, 1.165) is 11.3 Å². The standard InChI is InChI=1S/C21H25N5O/c1-15(18-7-5-4-6-8-18)13-20(27)25-9-11-26(12-10-25)21-19(14-22)16(2)17(3)23-24-21/h4-8,15H,9-13H2,1-3H3. The molecule has 1 saturated heterocycles. The smallest absolute Gasteiger partial charge is 0.223 e. The molecule has 1 aromatic carbocycles. The van der Waals surface area contributed by atoms with E-state index in [2.05, 4.69) is 40.2 Å². The Balaban J connectivity index is 1.62. The molecule has 1 aromatic heterocycles. The minimum atomic E-state index is 0.178. The van der Waals surface area contributed by atoms with Gasteiger partial charge in [0.1, 0.15) is 11.6 Å². The van der Waals surface area contributed by atoms with Crippen molar-refractivity contribution in [2.24, 2.45) is 0 Å². The van der Waals surface area contributed by atoms with Crippen LogP contribution in [0.2, 0.25) is 0 Å². The highest BCUT2D eigenvalue weighted by Crippen LogP contribution is 2.24. The maximum absolute atomic E-state index is 12.7. The van der Waals surface area contributed by atoms with Crippen molar-refractivity contribution in [2.75, 3.05) is 31.1 Å². The molecule has 1 aliphatic rings. The van der Waals surface area contributed by atoms with Crippen molar-refractivity contribution in [2.45, 2.75) is 33.1 Å². The van der Waals surface area contributed by atoms with Crippen LogP contribution >= 0.6 is 0 Å². The number of rotatable bonds is 4. The second kappa shape index (κ2) is 8.17. The maximum Gasteiger partial charge on any atom is 0.223 e. The molecule has 2 aromatic rings. The Hall–Kier alpha value is -2.94. The van der Waals surface area contributed by atoms with E-state index in [1.165, 1.54) is 5.56 Å². The highest BCUT2D eigenvalue weighted by atomic mass is 16.2. The third-order valence-electron chi connectivity index (χ3n) is 5.33. The Labute approximate surface area is 160 Å². The number of carbonyl (C=O) groups excluding carboxylic acids is 1. The fourth-order valence-corrected chi connectivity index (χ4v) is 3.41. The topological polar surface area (TPSA) is 73.1 Å². The monoisotopic (exact) mass is 363 g/mol. The van der Waals surface area contributed by atoms with Gasteiger partial charge in [-0.2, -0.15) is 10.4 Å². The van der Waals surface area contributed by atoms with Gasteiger partial charge in [0.2, 0.25) is 5.91 Å². The van der Waals surface area contributed by atoms with E-state index < -0.39 is 0 Å². The van der Waals surface area contributed by atoms with Crippen LogP contribution in [0.25, 0.3) is 0 Å². The number of nitrogens with zero attached hydrogens (tertiary/aromatic N) is 5. The summed E-state index contributed by atoms with van der Waals surface area (Å²) in [4.78, 5) is 16.6. The van der Waals surface area contributed by atoms with Crippen LogP contribution in [-0.4, -0.2) is 47.2 Å². The summed E-state index contributed by atoms with van der Waals surface area (Å²) in [6.07, 6.45) is 0.511. The summed E-state index contributed by atoms with van der Waals surface area (Å²) in [5.41, 5.74) is 3.42. The number of piperazine rings is 1. The summed E-state index contributed by atoms with van der Waals surface area (Å²) in [6, 6.07) is 12.4. The minimum Gasteiger partial charge on any atom is -0.350 e. The van der Waals surface area contributed by atoms with Gasteiger partial charge in [0, 0.05) is 32.6 Å². The molecule has 0 aliphatic carbocycles. The van der Waals surface area contributed by atoms with Crippen LogP contribution in [0.3, 0.4) is 0 Å². The fourth-order valence-electron chi connectivity index (χ4n) is 3.41. The largest absolute Gasteiger partial charge is 0.350 e. The number of carbonyl (C=O) groups is 1. The lowest BCUT2D eigenvalue weighted by Gasteiger charge is -2.36. The maximum atomic E-state index is 12.7. The number of hydrogen-bond donors (Lipinski definition) is 0. The molecule has 6 heteroatoms.